The maximum Gasteiger partial charge on any atom is 0.129 e. The second kappa shape index (κ2) is 7.39. The molecule has 0 N–H and O–H groups in total. The monoisotopic (exact) mass is 336 g/mol. The number of benzene rings is 2. The van der Waals surface area contributed by atoms with Gasteiger partial charge >= 0.3 is 0 Å². The summed E-state index contributed by atoms with van der Waals surface area (Å²) >= 11 is 6.09. The van der Waals surface area contributed by atoms with E-state index >= 15 is 0 Å². The summed E-state index contributed by atoms with van der Waals surface area (Å²) in [6.45, 7) is 4.90. The van der Waals surface area contributed by atoms with Crippen LogP contribution in [-0.4, -0.2) is 36.0 Å². The fourth-order valence-corrected chi connectivity index (χ4v) is 3.08. The minimum atomic E-state index is -0.244. The van der Waals surface area contributed by atoms with E-state index in [1.165, 1.54) is 18.2 Å². The number of nitrogens with zero attached hydrogens (tertiary/aromatic N) is 2. The Kier molecular flexibility index (Phi) is 5.26. The lowest BCUT2D eigenvalue weighted by atomic mass is 10.1. The van der Waals surface area contributed by atoms with Gasteiger partial charge in [0.1, 0.15) is 11.6 Å². The maximum atomic E-state index is 13.9. The van der Waals surface area contributed by atoms with Crippen molar-refractivity contribution in [1.29, 1.82) is 0 Å². The van der Waals surface area contributed by atoms with Crippen LogP contribution in [0.15, 0.2) is 42.5 Å². The number of piperazine rings is 1. The summed E-state index contributed by atoms with van der Waals surface area (Å²) in [6.07, 6.45) is 0. The van der Waals surface area contributed by atoms with E-state index in [-0.39, 0.29) is 11.6 Å². The zero-order valence-electron chi connectivity index (χ0n) is 12.8. The molecule has 0 radical (unpaired) electrons. The molecule has 1 aliphatic heterocycles. The Balaban J connectivity index is 1.53. The van der Waals surface area contributed by atoms with Gasteiger partial charge < -0.3 is 0 Å². The van der Waals surface area contributed by atoms with Crippen molar-refractivity contribution in [1.82, 2.24) is 9.80 Å². The molecule has 0 aromatic heterocycles. The largest absolute Gasteiger partial charge is 0.297 e. The quantitative estimate of drug-likeness (QED) is 0.834. The number of rotatable bonds is 4. The van der Waals surface area contributed by atoms with Crippen LogP contribution in [-0.2, 0) is 13.1 Å². The SMILES string of the molecule is Fc1ccc(CN2CCN(Cc3c(F)cccc3Cl)CC2)cc1. The first-order valence-electron chi connectivity index (χ1n) is 7.74. The summed E-state index contributed by atoms with van der Waals surface area (Å²) in [5.74, 6) is -0.452. The van der Waals surface area contributed by atoms with E-state index in [1.54, 1.807) is 12.1 Å². The fraction of sp³-hybridized carbons (Fsp3) is 0.333. The van der Waals surface area contributed by atoms with Gasteiger partial charge in [-0.25, -0.2) is 8.78 Å². The Morgan fingerprint density at radius 1 is 0.826 bits per heavy atom. The molecule has 1 fully saturated rings. The third-order valence-corrected chi connectivity index (χ3v) is 4.58. The first-order valence-corrected chi connectivity index (χ1v) is 8.11. The van der Waals surface area contributed by atoms with E-state index in [1.807, 2.05) is 12.1 Å². The van der Waals surface area contributed by atoms with Gasteiger partial charge in [0, 0.05) is 49.9 Å². The first kappa shape index (κ1) is 16.4. The molecular formula is C18H19ClF2N2. The Hall–Kier alpha value is -1.49. The molecule has 0 spiro atoms. The smallest absolute Gasteiger partial charge is 0.129 e. The summed E-state index contributed by atoms with van der Waals surface area (Å²) in [4.78, 5) is 4.54. The number of halogens is 3. The second-order valence-electron chi connectivity index (χ2n) is 5.88. The second-order valence-corrected chi connectivity index (χ2v) is 6.29. The summed E-state index contributed by atoms with van der Waals surface area (Å²) in [5.41, 5.74) is 1.68. The zero-order chi connectivity index (χ0) is 16.2. The minimum Gasteiger partial charge on any atom is -0.297 e. The summed E-state index contributed by atoms with van der Waals surface area (Å²) < 4.78 is 26.8. The van der Waals surface area contributed by atoms with Crippen molar-refractivity contribution in [2.45, 2.75) is 13.1 Å². The van der Waals surface area contributed by atoms with E-state index in [0.717, 1.165) is 38.3 Å². The molecule has 122 valence electrons. The molecule has 1 aliphatic rings. The van der Waals surface area contributed by atoms with Crippen LogP contribution in [0, 0.1) is 11.6 Å². The van der Waals surface area contributed by atoms with Crippen LogP contribution in [0.2, 0.25) is 5.02 Å². The molecule has 23 heavy (non-hydrogen) atoms. The summed E-state index contributed by atoms with van der Waals surface area (Å²) in [7, 11) is 0. The van der Waals surface area contributed by atoms with Gasteiger partial charge in [-0.1, -0.05) is 29.8 Å². The van der Waals surface area contributed by atoms with Crippen LogP contribution in [0.4, 0.5) is 8.78 Å². The molecule has 2 aromatic rings. The lowest BCUT2D eigenvalue weighted by molar-refractivity contribution is 0.121. The van der Waals surface area contributed by atoms with Crippen molar-refractivity contribution < 1.29 is 8.78 Å². The predicted octanol–water partition coefficient (Wildman–Crippen LogP) is 3.94. The Labute approximate surface area is 140 Å². The number of hydrogen-bond donors (Lipinski definition) is 0. The van der Waals surface area contributed by atoms with Gasteiger partial charge in [0.2, 0.25) is 0 Å². The molecule has 1 heterocycles. The molecule has 5 heteroatoms. The number of hydrogen-bond acceptors (Lipinski definition) is 2. The van der Waals surface area contributed by atoms with E-state index in [4.69, 9.17) is 11.6 Å². The standard InChI is InChI=1S/C18H19ClF2N2/c19-17-2-1-3-18(21)16(17)13-23-10-8-22(9-11-23)12-14-4-6-15(20)7-5-14/h1-7H,8-13H2. The highest BCUT2D eigenvalue weighted by Crippen LogP contribution is 2.21. The molecule has 0 bridgehead atoms. The Morgan fingerprint density at radius 3 is 2.04 bits per heavy atom. The van der Waals surface area contributed by atoms with E-state index in [2.05, 4.69) is 9.80 Å². The zero-order valence-corrected chi connectivity index (χ0v) is 13.6. The molecule has 2 aromatic carbocycles. The van der Waals surface area contributed by atoms with Crippen molar-refractivity contribution in [3.05, 3.63) is 70.2 Å². The normalized spacial score (nSPS) is 16.7. The van der Waals surface area contributed by atoms with Crippen LogP contribution in [0.25, 0.3) is 0 Å². The van der Waals surface area contributed by atoms with Gasteiger partial charge in [-0.15, -0.1) is 0 Å². The first-order chi connectivity index (χ1) is 11.1. The Morgan fingerprint density at radius 2 is 1.43 bits per heavy atom. The molecule has 1 saturated heterocycles. The van der Waals surface area contributed by atoms with Gasteiger partial charge in [-0.2, -0.15) is 0 Å². The molecular weight excluding hydrogens is 318 g/mol. The molecule has 0 amide bonds. The van der Waals surface area contributed by atoms with Crippen molar-refractivity contribution in [3.63, 3.8) is 0 Å². The highest BCUT2D eigenvalue weighted by Gasteiger charge is 2.19. The molecule has 0 atom stereocenters. The topological polar surface area (TPSA) is 6.48 Å². The third-order valence-electron chi connectivity index (χ3n) is 4.23. The lowest BCUT2D eigenvalue weighted by Gasteiger charge is -2.35. The van der Waals surface area contributed by atoms with Gasteiger partial charge in [0.05, 0.1) is 0 Å². The third kappa shape index (κ3) is 4.28. The summed E-state index contributed by atoms with van der Waals surface area (Å²) in [5, 5.41) is 0.485. The van der Waals surface area contributed by atoms with E-state index in [9.17, 15) is 8.78 Å². The molecule has 0 unspecified atom stereocenters. The van der Waals surface area contributed by atoms with Crippen LogP contribution in [0.1, 0.15) is 11.1 Å². The minimum absolute atomic E-state index is 0.208. The molecule has 3 rings (SSSR count). The lowest BCUT2D eigenvalue weighted by Crippen LogP contribution is -2.45. The molecule has 0 saturated carbocycles. The van der Waals surface area contributed by atoms with Crippen LogP contribution in [0.5, 0.6) is 0 Å². The Bertz CT molecular complexity index is 632. The molecule has 2 nitrogen and oxygen atoms in total. The maximum absolute atomic E-state index is 13.9. The van der Waals surface area contributed by atoms with Crippen LogP contribution in [0.3, 0.4) is 0 Å². The average Bonchev–Trinajstić information content (AvgIpc) is 2.55. The molecule has 0 aliphatic carbocycles. The van der Waals surface area contributed by atoms with Gasteiger partial charge in [-0.3, -0.25) is 9.80 Å². The van der Waals surface area contributed by atoms with Gasteiger partial charge in [0.25, 0.3) is 0 Å². The van der Waals surface area contributed by atoms with Gasteiger partial charge in [-0.05, 0) is 29.8 Å². The van der Waals surface area contributed by atoms with E-state index < -0.39 is 0 Å². The van der Waals surface area contributed by atoms with Gasteiger partial charge in [0.15, 0.2) is 0 Å². The van der Waals surface area contributed by atoms with Crippen LogP contribution < -0.4 is 0 Å². The predicted molar refractivity (Wildman–Crippen MR) is 88.4 cm³/mol. The average molecular weight is 337 g/mol. The summed E-state index contributed by atoms with van der Waals surface area (Å²) in [6, 6.07) is 11.4. The fourth-order valence-electron chi connectivity index (χ4n) is 2.86. The highest BCUT2D eigenvalue weighted by atomic mass is 35.5. The van der Waals surface area contributed by atoms with Crippen LogP contribution >= 0.6 is 11.6 Å². The van der Waals surface area contributed by atoms with Crippen molar-refractivity contribution >= 4 is 11.6 Å². The van der Waals surface area contributed by atoms with Crippen molar-refractivity contribution in [3.8, 4) is 0 Å². The van der Waals surface area contributed by atoms with Crippen molar-refractivity contribution in [2.24, 2.45) is 0 Å². The van der Waals surface area contributed by atoms with Crippen molar-refractivity contribution in [2.75, 3.05) is 26.2 Å². The van der Waals surface area contributed by atoms with E-state index in [0.29, 0.717) is 17.1 Å². The highest BCUT2D eigenvalue weighted by molar-refractivity contribution is 6.31.